The van der Waals surface area contributed by atoms with E-state index < -0.39 is 23.1 Å². The van der Waals surface area contributed by atoms with E-state index in [0.717, 1.165) is 11.6 Å². The third-order valence-corrected chi connectivity index (χ3v) is 4.79. The highest BCUT2D eigenvalue weighted by Gasteiger charge is 2.25. The van der Waals surface area contributed by atoms with Crippen LogP contribution in [0, 0.1) is 10.1 Å². The third-order valence-electron chi connectivity index (χ3n) is 4.79. The minimum atomic E-state index is -3.02. The summed E-state index contributed by atoms with van der Waals surface area (Å²) >= 11 is 0. The molecule has 0 fully saturated rings. The van der Waals surface area contributed by atoms with Crippen LogP contribution in [-0.2, 0) is 6.42 Å². The second kappa shape index (κ2) is 11.1. The number of anilines is 1. The van der Waals surface area contributed by atoms with Crippen molar-refractivity contribution in [3.8, 4) is 17.2 Å². The van der Waals surface area contributed by atoms with Crippen molar-refractivity contribution in [1.29, 1.82) is 0 Å². The topological polar surface area (TPSA) is 99.9 Å². The van der Waals surface area contributed by atoms with E-state index in [1.165, 1.54) is 31.4 Å². The highest BCUT2D eigenvalue weighted by molar-refractivity contribution is 6.07. The van der Waals surface area contributed by atoms with Crippen LogP contribution in [-0.4, -0.2) is 31.2 Å². The van der Waals surface area contributed by atoms with Crippen molar-refractivity contribution in [3.63, 3.8) is 0 Å². The van der Waals surface area contributed by atoms with Gasteiger partial charge in [0.25, 0.3) is 11.6 Å². The summed E-state index contributed by atoms with van der Waals surface area (Å²) in [5.74, 6) is -0.526. The molecule has 0 saturated carbocycles. The lowest BCUT2D eigenvalue weighted by molar-refractivity contribution is -0.385. The van der Waals surface area contributed by atoms with Gasteiger partial charge in [0.15, 0.2) is 11.5 Å². The highest BCUT2D eigenvalue weighted by Crippen LogP contribution is 2.35. The highest BCUT2D eigenvalue weighted by atomic mass is 19.3. The van der Waals surface area contributed by atoms with Gasteiger partial charge in [0.1, 0.15) is 11.3 Å². The molecule has 1 N–H and O–H groups in total. The van der Waals surface area contributed by atoms with Crippen LogP contribution in [0.1, 0.15) is 28.4 Å². The van der Waals surface area contributed by atoms with Crippen LogP contribution in [0.15, 0.2) is 60.7 Å². The van der Waals surface area contributed by atoms with E-state index in [9.17, 15) is 23.7 Å². The zero-order chi connectivity index (χ0) is 24.7. The van der Waals surface area contributed by atoms with Crippen molar-refractivity contribution in [2.45, 2.75) is 20.0 Å². The molecule has 0 atom stereocenters. The fourth-order valence-electron chi connectivity index (χ4n) is 3.33. The molecule has 0 aliphatic carbocycles. The van der Waals surface area contributed by atoms with Crippen LogP contribution in [0.3, 0.4) is 0 Å². The number of nitrogens with zero attached hydrogens (tertiary/aromatic N) is 1. The van der Waals surface area contributed by atoms with Gasteiger partial charge in [0.2, 0.25) is 0 Å². The van der Waals surface area contributed by atoms with Crippen molar-refractivity contribution < 1.29 is 32.7 Å². The molecule has 1 amide bonds. The smallest absolute Gasteiger partial charge is 0.387 e. The summed E-state index contributed by atoms with van der Waals surface area (Å²) in [6, 6.07) is 15.6. The summed E-state index contributed by atoms with van der Waals surface area (Å²) in [6.07, 6.45) is 0.267. The molecule has 0 aliphatic rings. The van der Waals surface area contributed by atoms with Gasteiger partial charge in [0.05, 0.1) is 24.7 Å². The Bertz CT molecular complexity index is 1170. The number of rotatable bonds is 10. The average Bonchev–Trinajstić information content (AvgIpc) is 2.81. The first-order valence-electron chi connectivity index (χ1n) is 10.2. The van der Waals surface area contributed by atoms with E-state index in [-0.39, 0.29) is 41.5 Å². The van der Waals surface area contributed by atoms with Gasteiger partial charge in [-0.25, -0.2) is 0 Å². The van der Waals surface area contributed by atoms with Crippen LogP contribution in [0.5, 0.6) is 17.2 Å². The number of hydrogen-bond donors (Lipinski definition) is 1. The maximum atomic E-state index is 12.9. The monoisotopic (exact) mass is 472 g/mol. The first kappa shape index (κ1) is 24.4. The van der Waals surface area contributed by atoms with Gasteiger partial charge in [-0.2, -0.15) is 8.78 Å². The van der Waals surface area contributed by atoms with Crippen LogP contribution in [0.4, 0.5) is 20.2 Å². The molecule has 0 radical (unpaired) electrons. The molecular weight excluding hydrogens is 450 g/mol. The Labute approximate surface area is 194 Å². The number of benzene rings is 3. The molecule has 0 heterocycles. The molecule has 0 aliphatic heterocycles. The first-order valence-corrected chi connectivity index (χ1v) is 10.2. The summed E-state index contributed by atoms with van der Waals surface area (Å²) in [4.78, 5) is 23.8. The fraction of sp³-hybridized carbons (Fsp3) is 0.208. The lowest BCUT2D eigenvalue weighted by Crippen LogP contribution is -2.15. The Hall–Kier alpha value is -4.21. The van der Waals surface area contributed by atoms with Gasteiger partial charge in [-0.3, -0.25) is 14.9 Å². The predicted molar refractivity (Wildman–Crippen MR) is 121 cm³/mol. The van der Waals surface area contributed by atoms with E-state index in [4.69, 9.17) is 9.47 Å². The number of methoxy groups -OCH3 is 1. The van der Waals surface area contributed by atoms with Gasteiger partial charge in [0, 0.05) is 23.7 Å². The molecule has 0 bridgehead atoms. The summed E-state index contributed by atoms with van der Waals surface area (Å²) in [6.45, 7) is -1.06. The number of halogens is 2. The van der Waals surface area contributed by atoms with E-state index in [1.54, 1.807) is 6.92 Å². The number of amides is 1. The van der Waals surface area contributed by atoms with Crippen molar-refractivity contribution in [2.75, 3.05) is 19.0 Å². The van der Waals surface area contributed by atoms with Crippen molar-refractivity contribution in [1.82, 2.24) is 0 Å². The molecular formula is C24H22F2N2O6. The fourth-order valence-corrected chi connectivity index (χ4v) is 3.33. The molecule has 34 heavy (non-hydrogen) atoms. The van der Waals surface area contributed by atoms with Crippen LogP contribution in [0.2, 0.25) is 0 Å². The number of nitrogens with one attached hydrogen (secondary N) is 1. The maximum Gasteiger partial charge on any atom is 0.387 e. The normalized spacial score (nSPS) is 10.6. The molecule has 0 unspecified atom stereocenters. The predicted octanol–water partition coefficient (Wildman–Crippen LogP) is 5.45. The van der Waals surface area contributed by atoms with Crippen molar-refractivity contribution >= 4 is 17.3 Å². The molecule has 3 aromatic carbocycles. The van der Waals surface area contributed by atoms with Gasteiger partial charge >= 0.3 is 6.61 Å². The lowest BCUT2D eigenvalue weighted by atomic mass is 10.0. The largest absolute Gasteiger partial charge is 0.493 e. The van der Waals surface area contributed by atoms with Gasteiger partial charge in [-0.05, 0) is 30.7 Å². The zero-order valence-corrected chi connectivity index (χ0v) is 18.4. The number of nitro benzene ring substituents is 1. The number of alkyl halides is 2. The third kappa shape index (κ3) is 5.97. The molecule has 0 saturated heterocycles. The molecule has 178 valence electrons. The molecule has 3 rings (SSSR count). The minimum absolute atomic E-state index is 0.0365. The average molecular weight is 472 g/mol. The van der Waals surface area contributed by atoms with Crippen molar-refractivity contribution in [3.05, 3.63) is 87.5 Å². The second-order valence-corrected chi connectivity index (χ2v) is 7.03. The van der Waals surface area contributed by atoms with E-state index in [2.05, 4.69) is 10.1 Å². The Morgan fingerprint density at radius 1 is 1.06 bits per heavy atom. The standard InChI is InChI=1S/C24H22F2N2O6/c1-3-33-22-14-19(28(30)31)18(13-21(22)32-2)23(29)27-17-9-10-20(34-24(25)26)16(12-17)11-15-7-5-4-6-8-15/h4-10,12-14,24H,3,11H2,1-2H3,(H,27,29). The van der Waals surface area contributed by atoms with Crippen molar-refractivity contribution in [2.24, 2.45) is 0 Å². The summed E-state index contributed by atoms with van der Waals surface area (Å²) in [5, 5.41) is 14.2. The summed E-state index contributed by atoms with van der Waals surface area (Å²) in [7, 11) is 1.35. The van der Waals surface area contributed by atoms with Gasteiger partial charge in [-0.15, -0.1) is 0 Å². The van der Waals surface area contributed by atoms with E-state index >= 15 is 0 Å². The van der Waals surface area contributed by atoms with Gasteiger partial charge in [-0.1, -0.05) is 30.3 Å². The van der Waals surface area contributed by atoms with Crippen LogP contribution < -0.4 is 19.5 Å². The lowest BCUT2D eigenvalue weighted by Gasteiger charge is -2.14. The first-order chi connectivity index (χ1) is 16.3. The number of carbonyl (C=O) groups excluding carboxylic acids is 1. The van der Waals surface area contributed by atoms with E-state index in [0.29, 0.717) is 5.56 Å². The van der Waals surface area contributed by atoms with E-state index in [1.807, 2.05) is 30.3 Å². The molecule has 8 nitrogen and oxygen atoms in total. The second-order valence-electron chi connectivity index (χ2n) is 7.03. The Balaban J connectivity index is 1.95. The molecule has 10 heteroatoms. The quantitative estimate of drug-likeness (QED) is 0.311. The Morgan fingerprint density at radius 3 is 2.41 bits per heavy atom. The number of hydrogen-bond acceptors (Lipinski definition) is 6. The SMILES string of the molecule is CCOc1cc([N+](=O)[O-])c(C(=O)Nc2ccc(OC(F)F)c(Cc3ccccc3)c2)cc1OC. The minimum Gasteiger partial charge on any atom is -0.493 e. The Morgan fingerprint density at radius 2 is 1.79 bits per heavy atom. The molecule has 3 aromatic rings. The number of nitro groups is 1. The van der Waals surface area contributed by atoms with Crippen LogP contribution >= 0.6 is 0 Å². The number of ether oxygens (including phenoxy) is 3. The maximum absolute atomic E-state index is 12.9. The molecule has 0 aromatic heterocycles. The summed E-state index contributed by atoms with van der Waals surface area (Å²) < 4.78 is 40.9. The number of carbonyl (C=O) groups is 1. The van der Waals surface area contributed by atoms with Gasteiger partial charge < -0.3 is 19.5 Å². The zero-order valence-electron chi connectivity index (χ0n) is 18.4. The Kier molecular flexibility index (Phi) is 7.96. The molecule has 0 spiro atoms. The summed E-state index contributed by atoms with van der Waals surface area (Å²) in [5.41, 5.74) is 0.784. The van der Waals surface area contributed by atoms with Crippen LogP contribution in [0.25, 0.3) is 0 Å².